The SMILES string of the molecule is CCc1ccc(-c2cc(NC(=O)N/C(C)=C(/C=C(\C)C(C)(C)C)C(=O)CC(C)(C)C(C)=O)ccc2C)nc1. The van der Waals surface area contributed by atoms with E-state index in [4.69, 9.17) is 0 Å². The van der Waals surface area contributed by atoms with Gasteiger partial charge in [-0.2, -0.15) is 0 Å². The lowest BCUT2D eigenvalue weighted by Gasteiger charge is -2.23. The van der Waals surface area contributed by atoms with Crippen LogP contribution < -0.4 is 10.6 Å². The van der Waals surface area contributed by atoms with E-state index in [-0.39, 0.29) is 23.4 Å². The lowest BCUT2D eigenvalue weighted by molar-refractivity contribution is -0.129. The predicted octanol–water partition coefficient (Wildman–Crippen LogP) is 7.58. The first kappa shape index (κ1) is 30.7. The third-order valence-electron chi connectivity index (χ3n) is 7.11. The number of ketones is 2. The molecule has 204 valence electrons. The van der Waals surface area contributed by atoms with Crippen LogP contribution >= 0.6 is 0 Å². The van der Waals surface area contributed by atoms with Crippen molar-refractivity contribution in [3.05, 3.63) is 70.6 Å². The molecule has 0 spiro atoms. The van der Waals surface area contributed by atoms with Crippen molar-refractivity contribution >= 4 is 23.3 Å². The van der Waals surface area contributed by atoms with Gasteiger partial charge >= 0.3 is 6.03 Å². The van der Waals surface area contributed by atoms with Crippen LogP contribution in [0.1, 0.15) is 79.9 Å². The fourth-order valence-electron chi connectivity index (χ4n) is 3.62. The van der Waals surface area contributed by atoms with Crippen LogP contribution in [0, 0.1) is 17.8 Å². The molecule has 0 bridgehead atoms. The highest BCUT2D eigenvalue weighted by atomic mass is 16.2. The van der Waals surface area contributed by atoms with E-state index in [1.54, 1.807) is 20.8 Å². The minimum absolute atomic E-state index is 0.0529. The van der Waals surface area contributed by atoms with Crippen LogP contribution in [0.2, 0.25) is 0 Å². The standard InChI is InChI=1S/C32H43N3O3/c1-11-24-13-15-28(33-19-24)26-17-25(14-12-20(26)2)35-30(38)34-22(4)27(16-21(3)31(6,7)8)29(37)18-32(9,10)23(5)36/h12-17,19H,11,18H2,1-10H3,(H2,34,35,38)/b21-16+,27-22-. The van der Waals surface area contributed by atoms with Crippen LogP contribution in [-0.4, -0.2) is 22.6 Å². The number of benzene rings is 1. The smallest absolute Gasteiger partial charge is 0.311 e. The Labute approximate surface area is 228 Å². The maximum atomic E-state index is 13.4. The fraction of sp³-hybridized carbons (Fsp3) is 0.438. The number of rotatable bonds is 9. The second-order valence-corrected chi connectivity index (χ2v) is 11.7. The molecule has 2 amide bonds. The topological polar surface area (TPSA) is 88.2 Å². The van der Waals surface area contributed by atoms with Crippen LogP contribution in [0.5, 0.6) is 0 Å². The summed E-state index contributed by atoms with van der Waals surface area (Å²) >= 11 is 0. The van der Waals surface area contributed by atoms with Gasteiger partial charge in [-0.1, -0.05) is 65.3 Å². The second kappa shape index (κ2) is 12.3. The van der Waals surface area contributed by atoms with E-state index < -0.39 is 11.4 Å². The molecule has 38 heavy (non-hydrogen) atoms. The van der Waals surface area contributed by atoms with Gasteiger partial charge in [-0.15, -0.1) is 0 Å². The number of nitrogens with one attached hydrogen (secondary N) is 2. The Kier molecular flexibility index (Phi) is 9.96. The number of allylic oxidation sites excluding steroid dienone is 4. The number of anilines is 1. The fourth-order valence-corrected chi connectivity index (χ4v) is 3.62. The van der Waals surface area contributed by atoms with Crippen molar-refractivity contribution < 1.29 is 14.4 Å². The van der Waals surface area contributed by atoms with E-state index >= 15 is 0 Å². The molecule has 0 unspecified atom stereocenters. The Morgan fingerprint density at radius 1 is 0.974 bits per heavy atom. The van der Waals surface area contributed by atoms with E-state index in [9.17, 15) is 14.4 Å². The van der Waals surface area contributed by atoms with Gasteiger partial charge in [0.1, 0.15) is 5.78 Å². The van der Waals surface area contributed by atoms with Crippen LogP contribution in [0.15, 0.2) is 59.4 Å². The zero-order valence-electron chi connectivity index (χ0n) is 24.6. The van der Waals surface area contributed by atoms with Crippen LogP contribution in [0.3, 0.4) is 0 Å². The Morgan fingerprint density at radius 3 is 2.16 bits per heavy atom. The summed E-state index contributed by atoms with van der Waals surface area (Å²) in [6, 6.07) is 9.27. The largest absolute Gasteiger partial charge is 0.323 e. The van der Waals surface area contributed by atoms with Crippen molar-refractivity contribution in [1.82, 2.24) is 10.3 Å². The maximum Gasteiger partial charge on any atom is 0.323 e. The normalized spacial score (nSPS) is 13.1. The Bertz CT molecular complexity index is 1260. The summed E-state index contributed by atoms with van der Waals surface area (Å²) in [5, 5.41) is 5.71. The lowest BCUT2D eigenvalue weighted by Crippen LogP contribution is -2.30. The van der Waals surface area contributed by atoms with E-state index in [2.05, 4.69) is 49.4 Å². The monoisotopic (exact) mass is 517 g/mol. The van der Waals surface area contributed by atoms with Crippen molar-refractivity contribution in [1.29, 1.82) is 0 Å². The van der Waals surface area contributed by atoms with Crippen molar-refractivity contribution in [3.63, 3.8) is 0 Å². The molecular weight excluding hydrogens is 474 g/mol. The van der Waals surface area contributed by atoms with Crippen molar-refractivity contribution in [2.45, 2.75) is 82.1 Å². The number of aromatic nitrogens is 1. The van der Waals surface area contributed by atoms with E-state index in [0.717, 1.165) is 34.4 Å². The summed E-state index contributed by atoms with van der Waals surface area (Å²) in [5.41, 5.74) is 5.46. The highest BCUT2D eigenvalue weighted by Crippen LogP contribution is 2.30. The molecule has 6 nitrogen and oxygen atoms in total. The molecule has 0 saturated carbocycles. The molecule has 0 aliphatic rings. The Balaban J connectivity index is 2.35. The molecule has 1 aromatic heterocycles. The first-order valence-corrected chi connectivity index (χ1v) is 13.1. The van der Waals surface area contributed by atoms with Gasteiger partial charge in [-0.05, 0) is 68.9 Å². The van der Waals surface area contributed by atoms with Crippen LogP contribution in [0.4, 0.5) is 10.5 Å². The number of pyridine rings is 1. The number of hydrogen-bond acceptors (Lipinski definition) is 4. The average Bonchev–Trinajstić information content (AvgIpc) is 2.82. The number of Topliss-reactive ketones (excluding diaryl/α,β-unsaturated/α-hetero) is 2. The number of carbonyl (C=O) groups excluding carboxylic acids is 3. The van der Waals surface area contributed by atoms with Crippen LogP contribution in [0.25, 0.3) is 11.3 Å². The molecule has 0 aliphatic heterocycles. The number of urea groups is 1. The first-order chi connectivity index (χ1) is 17.5. The number of amides is 2. The number of carbonyl (C=O) groups is 3. The summed E-state index contributed by atoms with van der Waals surface area (Å²) in [5.74, 6) is -0.245. The maximum absolute atomic E-state index is 13.4. The molecule has 0 fully saturated rings. The van der Waals surface area contributed by atoms with Crippen molar-refractivity contribution in [2.24, 2.45) is 10.8 Å². The first-order valence-electron chi connectivity index (χ1n) is 13.1. The van der Waals surface area contributed by atoms with Gasteiger partial charge < -0.3 is 10.6 Å². The zero-order chi connectivity index (χ0) is 28.8. The average molecular weight is 518 g/mol. The summed E-state index contributed by atoms with van der Waals surface area (Å²) in [6.45, 7) is 19.0. The molecule has 6 heteroatoms. The second-order valence-electron chi connectivity index (χ2n) is 11.7. The van der Waals surface area contributed by atoms with E-state index in [1.807, 2.05) is 50.4 Å². The Morgan fingerprint density at radius 2 is 1.63 bits per heavy atom. The molecule has 0 radical (unpaired) electrons. The quantitative estimate of drug-likeness (QED) is 0.265. The number of hydrogen-bond donors (Lipinski definition) is 2. The molecule has 0 saturated heterocycles. The highest BCUT2D eigenvalue weighted by molar-refractivity contribution is 6.02. The number of nitrogens with zero attached hydrogens (tertiary/aromatic N) is 1. The van der Waals surface area contributed by atoms with Crippen molar-refractivity contribution in [3.8, 4) is 11.3 Å². The molecule has 0 atom stereocenters. The highest BCUT2D eigenvalue weighted by Gasteiger charge is 2.29. The van der Waals surface area contributed by atoms with E-state index in [0.29, 0.717) is 17.0 Å². The molecule has 1 heterocycles. The van der Waals surface area contributed by atoms with Crippen molar-refractivity contribution in [2.75, 3.05) is 5.32 Å². The van der Waals surface area contributed by atoms with Crippen LogP contribution in [-0.2, 0) is 16.0 Å². The third kappa shape index (κ3) is 8.23. The van der Waals surface area contributed by atoms with Gasteiger partial charge in [-0.3, -0.25) is 14.6 Å². The molecule has 2 aromatic rings. The number of aryl methyl sites for hydroxylation is 2. The zero-order valence-corrected chi connectivity index (χ0v) is 24.6. The summed E-state index contributed by atoms with van der Waals surface area (Å²) in [4.78, 5) is 43.0. The summed E-state index contributed by atoms with van der Waals surface area (Å²) < 4.78 is 0. The minimum Gasteiger partial charge on any atom is -0.311 e. The summed E-state index contributed by atoms with van der Waals surface area (Å²) in [7, 11) is 0. The molecular formula is C32H43N3O3. The molecule has 0 aliphatic carbocycles. The molecule has 2 rings (SSSR count). The van der Waals surface area contributed by atoms with Gasteiger partial charge in [0.05, 0.1) is 5.69 Å². The Hall–Kier alpha value is -3.54. The molecule has 1 aromatic carbocycles. The van der Waals surface area contributed by atoms with Gasteiger partial charge in [0.25, 0.3) is 0 Å². The van der Waals surface area contributed by atoms with Gasteiger partial charge in [0, 0.05) is 40.6 Å². The van der Waals surface area contributed by atoms with E-state index in [1.165, 1.54) is 6.92 Å². The molecule has 2 N–H and O–H groups in total. The minimum atomic E-state index is -0.796. The predicted molar refractivity (Wildman–Crippen MR) is 156 cm³/mol. The summed E-state index contributed by atoms with van der Waals surface area (Å²) in [6.07, 6.45) is 4.66. The van der Waals surface area contributed by atoms with Gasteiger partial charge in [0.15, 0.2) is 5.78 Å². The third-order valence-corrected chi connectivity index (χ3v) is 7.11. The van der Waals surface area contributed by atoms with Gasteiger partial charge in [0.2, 0.25) is 0 Å². The van der Waals surface area contributed by atoms with Gasteiger partial charge in [-0.25, -0.2) is 4.79 Å². The lowest BCUT2D eigenvalue weighted by atomic mass is 9.80.